The summed E-state index contributed by atoms with van der Waals surface area (Å²) in [6.45, 7) is 3.90. The number of rotatable bonds is 7. The van der Waals surface area contributed by atoms with Gasteiger partial charge in [-0.25, -0.2) is 4.39 Å². The van der Waals surface area contributed by atoms with E-state index in [0.717, 1.165) is 33.8 Å². The number of carbonyl (C=O) groups is 1. The summed E-state index contributed by atoms with van der Waals surface area (Å²) in [5.74, 6) is -0.600. The Labute approximate surface area is 208 Å². The van der Waals surface area contributed by atoms with Crippen LogP contribution in [0, 0.1) is 12.7 Å². The number of nitrogens with zero attached hydrogens (tertiary/aromatic N) is 4. The predicted octanol–water partition coefficient (Wildman–Crippen LogP) is 6.23. The van der Waals surface area contributed by atoms with Crippen LogP contribution >= 0.6 is 0 Å². The van der Waals surface area contributed by atoms with E-state index >= 15 is 0 Å². The Balaban J connectivity index is 1.45. The normalized spacial score (nSPS) is 15.8. The van der Waals surface area contributed by atoms with Crippen molar-refractivity contribution in [1.29, 1.82) is 0 Å². The fraction of sp³-hybridized carbons (Fsp3) is 0.207. The first kappa shape index (κ1) is 23.5. The van der Waals surface area contributed by atoms with Gasteiger partial charge < -0.3 is 4.84 Å². The number of benzene rings is 1. The second-order valence-electron chi connectivity index (χ2n) is 9.04. The van der Waals surface area contributed by atoms with Gasteiger partial charge in [-0.2, -0.15) is 0 Å². The molecule has 0 spiro atoms. The first-order valence-electron chi connectivity index (χ1n) is 11.8. The minimum absolute atomic E-state index is 0.0374. The molecule has 0 saturated carbocycles. The van der Waals surface area contributed by atoms with Gasteiger partial charge in [0.15, 0.2) is 11.9 Å². The van der Waals surface area contributed by atoms with E-state index in [2.05, 4.69) is 20.1 Å². The number of ketones is 1. The highest BCUT2D eigenvalue weighted by Crippen LogP contribution is 2.31. The molecule has 0 fully saturated rings. The lowest BCUT2D eigenvalue weighted by Crippen LogP contribution is -2.09. The minimum atomic E-state index is -0.399. The van der Waals surface area contributed by atoms with Gasteiger partial charge in [-0.1, -0.05) is 24.2 Å². The van der Waals surface area contributed by atoms with Gasteiger partial charge in [0.05, 0.1) is 23.3 Å². The van der Waals surface area contributed by atoms with Crippen molar-refractivity contribution in [1.82, 2.24) is 15.0 Å². The molecule has 7 heteroatoms. The third-order valence-electron chi connectivity index (χ3n) is 6.23. The molecule has 3 aromatic heterocycles. The van der Waals surface area contributed by atoms with E-state index in [1.165, 1.54) is 12.3 Å². The third kappa shape index (κ3) is 5.20. The number of aromatic nitrogens is 3. The Morgan fingerprint density at radius 2 is 1.89 bits per heavy atom. The summed E-state index contributed by atoms with van der Waals surface area (Å²) in [7, 11) is 0. The molecular weight excluding hydrogens is 455 g/mol. The Morgan fingerprint density at radius 1 is 1.03 bits per heavy atom. The van der Waals surface area contributed by atoms with Gasteiger partial charge in [0, 0.05) is 53.5 Å². The van der Waals surface area contributed by atoms with Crippen molar-refractivity contribution in [3.63, 3.8) is 0 Å². The van der Waals surface area contributed by atoms with Crippen molar-refractivity contribution in [3.8, 4) is 11.3 Å². The van der Waals surface area contributed by atoms with E-state index < -0.39 is 5.82 Å². The zero-order valence-corrected chi connectivity index (χ0v) is 20.1. The highest BCUT2D eigenvalue weighted by Gasteiger charge is 2.26. The second-order valence-corrected chi connectivity index (χ2v) is 9.04. The maximum Gasteiger partial charge on any atom is 0.174 e. The number of Topliss-reactive ketones (excluding diaryl/α,β-unsaturated/α-hetero) is 1. The summed E-state index contributed by atoms with van der Waals surface area (Å²) in [5, 5.41) is 4.33. The molecule has 0 saturated heterocycles. The molecule has 6 nitrogen and oxygen atoms in total. The first-order valence-corrected chi connectivity index (χ1v) is 11.8. The number of pyridine rings is 3. The van der Waals surface area contributed by atoms with E-state index in [1.54, 1.807) is 18.5 Å². The van der Waals surface area contributed by atoms with E-state index in [1.807, 2.05) is 62.4 Å². The smallest absolute Gasteiger partial charge is 0.174 e. The standard InChI is InChI=1S/C29H25FN4O2/c1-18-6-8-25(32-16-18)20-12-21(27-15-29(36-34-27)26-5-3-4-10-31-26)14-22(13-20)28(35)11-19(2)24-9-7-23(30)17-33-24/h3-10,12-14,16-17,19,29H,11,15H2,1-2H3/t19-,29+/m1/s1. The fourth-order valence-corrected chi connectivity index (χ4v) is 4.19. The Kier molecular flexibility index (Phi) is 6.62. The van der Waals surface area contributed by atoms with Crippen LogP contribution < -0.4 is 0 Å². The van der Waals surface area contributed by atoms with Gasteiger partial charge in [-0.3, -0.25) is 19.7 Å². The molecule has 5 rings (SSSR count). The lowest BCUT2D eigenvalue weighted by molar-refractivity contribution is 0.0826. The molecule has 1 aliphatic rings. The summed E-state index contributed by atoms with van der Waals surface area (Å²) in [5.41, 5.74) is 6.25. The van der Waals surface area contributed by atoms with Gasteiger partial charge >= 0.3 is 0 Å². The summed E-state index contributed by atoms with van der Waals surface area (Å²) in [6, 6.07) is 18.3. The van der Waals surface area contributed by atoms with Gasteiger partial charge in [-0.15, -0.1) is 0 Å². The quantitative estimate of drug-likeness (QED) is 0.293. The number of carbonyl (C=O) groups excluding carboxylic acids is 1. The van der Waals surface area contributed by atoms with Crippen LogP contribution in [0.5, 0.6) is 0 Å². The molecule has 1 aromatic carbocycles. The average Bonchev–Trinajstić information content (AvgIpc) is 3.40. The average molecular weight is 481 g/mol. The number of halogens is 1. The van der Waals surface area contributed by atoms with Crippen molar-refractivity contribution in [2.45, 2.75) is 38.7 Å². The van der Waals surface area contributed by atoms with Crippen LogP contribution in [-0.2, 0) is 4.84 Å². The second kappa shape index (κ2) is 10.2. The monoisotopic (exact) mass is 480 g/mol. The molecule has 180 valence electrons. The molecule has 0 aliphatic carbocycles. The van der Waals surface area contributed by atoms with Crippen LogP contribution in [0.1, 0.15) is 64.7 Å². The summed E-state index contributed by atoms with van der Waals surface area (Å²) in [4.78, 5) is 32.1. The van der Waals surface area contributed by atoms with Crippen LogP contribution in [0.2, 0.25) is 0 Å². The molecule has 0 radical (unpaired) electrons. The van der Waals surface area contributed by atoms with Crippen LogP contribution in [0.15, 0.2) is 84.4 Å². The van der Waals surface area contributed by atoms with E-state index in [-0.39, 0.29) is 24.2 Å². The lowest BCUT2D eigenvalue weighted by atomic mass is 9.92. The van der Waals surface area contributed by atoms with Gasteiger partial charge in [0.25, 0.3) is 0 Å². The number of aryl methyl sites for hydroxylation is 1. The Hall–Kier alpha value is -4.26. The zero-order chi connectivity index (χ0) is 25.1. The molecule has 0 unspecified atom stereocenters. The minimum Gasteiger partial charge on any atom is -0.385 e. The molecule has 36 heavy (non-hydrogen) atoms. The van der Waals surface area contributed by atoms with Gasteiger partial charge in [0.1, 0.15) is 5.82 Å². The zero-order valence-electron chi connectivity index (χ0n) is 20.1. The van der Waals surface area contributed by atoms with E-state index in [4.69, 9.17) is 4.84 Å². The van der Waals surface area contributed by atoms with Crippen LogP contribution in [0.3, 0.4) is 0 Å². The van der Waals surface area contributed by atoms with E-state index in [9.17, 15) is 9.18 Å². The first-order chi connectivity index (χ1) is 17.5. The van der Waals surface area contributed by atoms with Gasteiger partial charge in [0.2, 0.25) is 0 Å². The van der Waals surface area contributed by atoms with Crippen LogP contribution in [0.4, 0.5) is 4.39 Å². The molecule has 0 N–H and O–H groups in total. The SMILES string of the molecule is Cc1ccc(-c2cc(C(=O)C[C@@H](C)c3ccc(F)cn3)cc(C3=NO[C@H](c4ccccn4)C3)c2)nc1. The maximum absolute atomic E-state index is 13.4. The number of oxime groups is 1. The van der Waals surface area contributed by atoms with Crippen molar-refractivity contribution in [2.24, 2.45) is 5.16 Å². The summed E-state index contributed by atoms with van der Waals surface area (Å²) < 4.78 is 13.3. The van der Waals surface area contributed by atoms with Gasteiger partial charge in [-0.05, 0) is 61.0 Å². The van der Waals surface area contributed by atoms with E-state index in [0.29, 0.717) is 17.7 Å². The predicted molar refractivity (Wildman–Crippen MR) is 135 cm³/mol. The Morgan fingerprint density at radius 3 is 2.61 bits per heavy atom. The van der Waals surface area contributed by atoms with Crippen molar-refractivity contribution < 1.29 is 14.0 Å². The summed E-state index contributed by atoms with van der Waals surface area (Å²) in [6.07, 6.45) is 5.22. The largest absolute Gasteiger partial charge is 0.385 e. The maximum atomic E-state index is 13.4. The van der Waals surface area contributed by atoms with Crippen molar-refractivity contribution in [2.75, 3.05) is 0 Å². The molecule has 1 aliphatic heterocycles. The molecule has 4 aromatic rings. The lowest BCUT2D eigenvalue weighted by Gasteiger charge is -2.13. The molecule has 4 heterocycles. The number of hydrogen-bond donors (Lipinski definition) is 0. The van der Waals surface area contributed by atoms with Crippen molar-refractivity contribution >= 4 is 11.5 Å². The topological polar surface area (TPSA) is 77.3 Å². The number of hydrogen-bond acceptors (Lipinski definition) is 6. The summed E-state index contributed by atoms with van der Waals surface area (Å²) >= 11 is 0. The highest BCUT2D eigenvalue weighted by molar-refractivity contribution is 6.05. The van der Waals surface area contributed by atoms with Crippen LogP contribution in [0.25, 0.3) is 11.3 Å². The van der Waals surface area contributed by atoms with Crippen LogP contribution in [-0.4, -0.2) is 26.4 Å². The molecule has 2 atom stereocenters. The van der Waals surface area contributed by atoms with Crippen molar-refractivity contribution in [3.05, 3.63) is 113 Å². The third-order valence-corrected chi connectivity index (χ3v) is 6.23. The highest BCUT2D eigenvalue weighted by atomic mass is 19.1. The Bertz CT molecular complexity index is 1400. The molecular formula is C29H25FN4O2. The fourth-order valence-electron chi connectivity index (χ4n) is 4.19. The molecule has 0 amide bonds. The molecule has 0 bridgehead atoms.